The van der Waals surface area contributed by atoms with Crippen LogP contribution < -0.4 is 0 Å². The summed E-state index contributed by atoms with van der Waals surface area (Å²) in [6.07, 6.45) is 0. The Morgan fingerprint density at radius 3 is 2.27 bits per heavy atom. The van der Waals surface area contributed by atoms with Gasteiger partial charge in [0.15, 0.2) is 6.04 Å². The molecule has 0 bridgehead atoms. The van der Waals surface area contributed by atoms with E-state index >= 15 is 0 Å². The van der Waals surface area contributed by atoms with Crippen molar-refractivity contribution in [2.45, 2.75) is 25.9 Å². The molecule has 0 saturated carbocycles. The van der Waals surface area contributed by atoms with Crippen LogP contribution >= 0.6 is 0 Å². The molecule has 1 heterocycles. The predicted molar refractivity (Wildman–Crippen MR) is 100 cm³/mol. The Hall–Kier alpha value is -2.88. The highest BCUT2D eigenvalue weighted by Gasteiger charge is 2.47. The second-order valence-corrected chi connectivity index (χ2v) is 6.45. The first-order valence-corrected chi connectivity index (χ1v) is 8.84. The Kier molecular flexibility index (Phi) is 5.21. The minimum atomic E-state index is -0.796. The molecule has 1 aliphatic heterocycles. The molecule has 1 fully saturated rings. The predicted octanol–water partition coefficient (Wildman–Crippen LogP) is 4.07. The molecule has 0 unspecified atom stereocenters. The van der Waals surface area contributed by atoms with E-state index in [9.17, 15) is 9.59 Å². The maximum Gasteiger partial charge on any atom is 0.333 e. The molecule has 0 spiro atoms. The topological polar surface area (TPSA) is 46.6 Å². The average molecular weight is 349 g/mol. The maximum atomic E-state index is 13.0. The van der Waals surface area contributed by atoms with E-state index in [1.807, 2.05) is 67.6 Å². The van der Waals surface area contributed by atoms with Crippen molar-refractivity contribution in [2.75, 3.05) is 6.61 Å². The number of nitrogens with zero attached hydrogens (tertiary/aromatic N) is 1. The van der Waals surface area contributed by atoms with E-state index in [0.29, 0.717) is 5.57 Å². The van der Waals surface area contributed by atoms with Crippen molar-refractivity contribution in [3.05, 3.63) is 83.9 Å². The molecule has 0 aliphatic carbocycles. The highest BCUT2D eigenvalue weighted by molar-refractivity contribution is 5.99. The maximum absolute atomic E-state index is 13.0. The van der Waals surface area contributed by atoms with Gasteiger partial charge in [-0.3, -0.25) is 4.79 Å². The lowest BCUT2D eigenvalue weighted by molar-refractivity contribution is -0.154. The summed E-state index contributed by atoms with van der Waals surface area (Å²) in [5.41, 5.74) is 2.24. The van der Waals surface area contributed by atoms with Crippen LogP contribution in [0.2, 0.25) is 0 Å². The zero-order valence-corrected chi connectivity index (χ0v) is 15.1. The number of carbonyl (C=O) groups is 2. The van der Waals surface area contributed by atoms with Gasteiger partial charge in [0.2, 0.25) is 0 Å². The standard InChI is InChI=1S/C22H23NO3/c1-4-26-22(25)20(18-13-9-6-10-14-18)23-19(15(2)16(3)21(23)24)17-11-7-5-8-12-17/h5-15,19-20H,3-4H2,1-2H3/t15-,19-,20-/m1/s1. The van der Waals surface area contributed by atoms with E-state index in [0.717, 1.165) is 11.1 Å². The number of amides is 1. The first kappa shape index (κ1) is 17.9. The number of carbonyl (C=O) groups excluding carboxylic acids is 2. The molecule has 3 atom stereocenters. The van der Waals surface area contributed by atoms with Gasteiger partial charge in [0, 0.05) is 11.5 Å². The molecular formula is C22H23NO3. The Morgan fingerprint density at radius 1 is 1.12 bits per heavy atom. The fraction of sp³-hybridized carbons (Fsp3) is 0.273. The number of rotatable bonds is 5. The van der Waals surface area contributed by atoms with Crippen LogP contribution in [0.5, 0.6) is 0 Å². The van der Waals surface area contributed by atoms with Crippen molar-refractivity contribution >= 4 is 11.9 Å². The molecule has 4 nitrogen and oxygen atoms in total. The van der Waals surface area contributed by atoms with Gasteiger partial charge in [0.1, 0.15) is 0 Å². The quantitative estimate of drug-likeness (QED) is 0.604. The van der Waals surface area contributed by atoms with Crippen LogP contribution in [-0.4, -0.2) is 23.4 Å². The van der Waals surface area contributed by atoms with Gasteiger partial charge >= 0.3 is 5.97 Å². The monoisotopic (exact) mass is 349 g/mol. The van der Waals surface area contributed by atoms with Crippen LogP contribution in [0.25, 0.3) is 0 Å². The zero-order valence-electron chi connectivity index (χ0n) is 15.1. The molecule has 0 aromatic heterocycles. The molecule has 1 saturated heterocycles. The number of hydrogen-bond acceptors (Lipinski definition) is 3. The third-order valence-electron chi connectivity index (χ3n) is 4.88. The molecular weight excluding hydrogens is 326 g/mol. The van der Waals surface area contributed by atoms with Crippen molar-refractivity contribution in [3.63, 3.8) is 0 Å². The van der Waals surface area contributed by atoms with Crippen molar-refractivity contribution in [2.24, 2.45) is 5.92 Å². The van der Waals surface area contributed by atoms with Crippen LogP contribution in [-0.2, 0) is 14.3 Å². The normalized spacial score (nSPS) is 20.9. The smallest absolute Gasteiger partial charge is 0.333 e. The summed E-state index contributed by atoms with van der Waals surface area (Å²) in [6.45, 7) is 7.98. The summed E-state index contributed by atoms with van der Waals surface area (Å²) < 4.78 is 5.31. The highest BCUT2D eigenvalue weighted by Crippen LogP contribution is 2.45. The van der Waals surface area contributed by atoms with Gasteiger partial charge in [-0.2, -0.15) is 0 Å². The van der Waals surface area contributed by atoms with Crippen LogP contribution in [0.3, 0.4) is 0 Å². The molecule has 26 heavy (non-hydrogen) atoms. The number of likely N-dealkylation sites (tertiary alicyclic amines) is 1. The third kappa shape index (κ3) is 3.15. The van der Waals surface area contributed by atoms with Gasteiger partial charge in [-0.1, -0.05) is 74.2 Å². The van der Waals surface area contributed by atoms with E-state index in [4.69, 9.17) is 4.74 Å². The Labute approximate surface area is 154 Å². The number of ether oxygens (including phenoxy) is 1. The summed E-state index contributed by atoms with van der Waals surface area (Å²) >= 11 is 0. The minimum absolute atomic E-state index is 0.0921. The Balaban J connectivity index is 2.11. The van der Waals surface area contributed by atoms with Crippen molar-refractivity contribution < 1.29 is 14.3 Å². The van der Waals surface area contributed by atoms with Crippen LogP contribution in [0.4, 0.5) is 0 Å². The van der Waals surface area contributed by atoms with Gasteiger partial charge in [-0.25, -0.2) is 4.79 Å². The third-order valence-corrected chi connectivity index (χ3v) is 4.88. The summed E-state index contributed by atoms with van der Waals surface area (Å²) in [5, 5.41) is 0. The molecule has 2 aromatic carbocycles. The van der Waals surface area contributed by atoms with Crippen LogP contribution in [0.15, 0.2) is 72.8 Å². The first-order chi connectivity index (χ1) is 12.6. The molecule has 2 aromatic rings. The SMILES string of the molecule is C=C1C(=O)N([C@@H](C(=O)OCC)c2ccccc2)[C@@H](c2ccccc2)[C@@H]1C. The van der Waals surface area contributed by atoms with Crippen LogP contribution in [0, 0.1) is 5.92 Å². The van der Waals surface area contributed by atoms with Gasteiger partial charge in [-0.05, 0) is 18.1 Å². The molecule has 4 heteroatoms. The van der Waals surface area contributed by atoms with Crippen molar-refractivity contribution in [3.8, 4) is 0 Å². The minimum Gasteiger partial charge on any atom is -0.464 e. The Bertz CT molecular complexity index is 801. The molecule has 1 amide bonds. The van der Waals surface area contributed by atoms with E-state index < -0.39 is 12.0 Å². The molecule has 1 aliphatic rings. The average Bonchev–Trinajstić information content (AvgIpc) is 2.88. The fourth-order valence-electron chi connectivity index (χ4n) is 3.56. The molecule has 0 N–H and O–H groups in total. The summed E-state index contributed by atoms with van der Waals surface area (Å²) in [7, 11) is 0. The van der Waals surface area contributed by atoms with Gasteiger partial charge in [0.25, 0.3) is 5.91 Å². The largest absolute Gasteiger partial charge is 0.464 e. The lowest BCUT2D eigenvalue weighted by Crippen LogP contribution is -2.38. The fourth-order valence-corrected chi connectivity index (χ4v) is 3.56. The summed E-state index contributed by atoms with van der Waals surface area (Å²) in [5.74, 6) is -0.714. The van der Waals surface area contributed by atoms with Crippen LogP contribution in [0.1, 0.15) is 37.1 Å². The van der Waals surface area contributed by atoms with E-state index in [-0.39, 0.29) is 24.5 Å². The van der Waals surface area contributed by atoms with E-state index in [2.05, 4.69) is 6.58 Å². The summed E-state index contributed by atoms with van der Waals surface area (Å²) in [6, 6.07) is 18.0. The lowest BCUT2D eigenvalue weighted by Gasteiger charge is -2.33. The number of hydrogen-bond donors (Lipinski definition) is 0. The molecule has 134 valence electrons. The zero-order chi connectivity index (χ0) is 18.7. The summed E-state index contributed by atoms with van der Waals surface area (Å²) in [4.78, 5) is 27.5. The second kappa shape index (κ2) is 7.56. The number of benzene rings is 2. The van der Waals surface area contributed by atoms with Gasteiger partial charge in [0.05, 0.1) is 12.6 Å². The van der Waals surface area contributed by atoms with Crippen molar-refractivity contribution in [1.82, 2.24) is 4.90 Å². The second-order valence-electron chi connectivity index (χ2n) is 6.45. The van der Waals surface area contributed by atoms with Gasteiger partial charge < -0.3 is 9.64 Å². The Morgan fingerprint density at radius 2 is 1.69 bits per heavy atom. The van der Waals surface area contributed by atoms with Crippen molar-refractivity contribution in [1.29, 1.82) is 0 Å². The lowest BCUT2D eigenvalue weighted by atomic mass is 9.92. The molecule has 0 radical (unpaired) electrons. The number of esters is 1. The molecule has 3 rings (SSSR count). The first-order valence-electron chi connectivity index (χ1n) is 8.84. The van der Waals surface area contributed by atoms with E-state index in [1.54, 1.807) is 11.8 Å². The highest BCUT2D eigenvalue weighted by atomic mass is 16.5. The van der Waals surface area contributed by atoms with E-state index in [1.165, 1.54) is 0 Å². The van der Waals surface area contributed by atoms with Gasteiger partial charge in [-0.15, -0.1) is 0 Å².